The summed E-state index contributed by atoms with van der Waals surface area (Å²) in [5, 5.41) is 3.59. The minimum Gasteiger partial charge on any atom is -0.497 e. The Bertz CT molecular complexity index is 423. The molecule has 2 atom stereocenters. The van der Waals surface area contributed by atoms with Gasteiger partial charge in [0.15, 0.2) is 0 Å². The molecule has 0 spiro atoms. The van der Waals surface area contributed by atoms with Crippen molar-refractivity contribution in [3.63, 3.8) is 0 Å². The van der Waals surface area contributed by atoms with Gasteiger partial charge in [0.05, 0.1) is 13.2 Å². The van der Waals surface area contributed by atoms with Crippen LogP contribution in [-0.2, 0) is 4.74 Å². The van der Waals surface area contributed by atoms with Gasteiger partial charge in [0.2, 0.25) is 0 Å². The molecule has 106 valence electrons. The molecule has 1 N–H and O–H groups in total. The number of anilines is 1. The van der Waals surface area contributed by atoms with Gasteiger partial charge < -0.3 is 14.8 Å². The van der Waals surface area contributed by atoms with Gasteiger partial charge in [-0.3, -0.25) is 0 Å². The number of benzene rings is 1. The van der Waals surface area contributed by atoms with Crippen LogP contribution in [0.25, 0.3) is 0 Å². The Kier molecular flexibility index (Phi) is 5.11. The van der Waals surface area contributed by atoms with Crippen molar-refractivity contribution in [3.8, 4) is 5.75 Å². The van der Waals surface area contributed by atoms with Crippen LogP contribution >= 0.6 is 15.9 Å². The smallest absolute Gasteiger partial charge is 0.122 e. The van der Waals surface area contributed by atoms with Crippen LogP contribution in [0.5, 0.6) is 5.75 Å². The molecule has 0 aliphatic carbocycles. The van der Waals surface area contributed by atoms with Crippen LogP contribution in [0.15, 0.2) is 22.7 Å². The number of halogens is 1. The Hall–Kier alpha value is -0.740. The Morgan fingerprint density at radius 2 is 2.16 bits per heavy atom. The first kappa shape index (κ1) is 14.7. The molecule has 4 heteroatoms. The van der Waals surface area contributed by atoms with Crippen LogP contribution in [0.3, 0.4) is 0 Å². The van der Waals surface area contributed by atoms with E-state index in [9.17, 15) is 0 Å². The highest BCUT2D eigenvalue weighted by molar-refractivity contribution is 9.10. The van der Waals surface area contributed by atoms with E-state index in [1.807, 2.05) is 12.1 Å². The minimum absolute atomic E-state index is 0.361. The number of ether oxygens (including phenoxy) is 2. The van der Waals surface area contributed by atoms with Crippen LogP contribution < -0.4 is 10.1 Å². The normalized spacial score (nSPS) is 23.4. The van der Waals surface area contributed by atoms with E-state index in [1.54, 1.807) is 7.11 Å². The molecule has 1 aliphatic heterocycles. The van der Waals surface area contributed by atoms with Crippen molar-refractivity contribution in [3.05, 3.63) is 22.7 Å². The average Bonchev–Trinajstić information content (AvgIpc) is 2.38. The van der Waals surface area contributed by atoms with E-state index in [1.165, 1.54) is 0 Å². The summed E-state index contributed by atoms with van der Waals surface area (Å²) in [6.07, 6.45) is 2.48. The number of methoxy groups -OCH3 is 1. The van der Waals surface area contributed by atoms with E-state index in [0.29, 0.717) is 18.1 Å². The van der Waals surface area contributed by atoms with Gasteiger partial charge in [-0.15, -0.1) is 0 Å². The molecular weight excluding hydrogens is 306 g/mol. The third-order valence-electron chi connectivity index (χ3n) is 3.54. The highest BCUT2D eigenvalue weighted by Gasteiger charge is 2.24. The monoisotopic (exact) mass is 327 g/mol. The van der Waals surface area contributed by atoms with Gasteiger partial charge in [-0.2, -0.15) is 0 Å². The summed E-state index contributed by atoms with van der Waals surface area (Å²) in [6, 6.07) is 6.55. The van der Waals surface area contributed by atoms with E-state index in [-0.39, 0.29) is 0 Å². The summed E-state index contributed by atoms with van der Waals surface area (Å²) in [7, 11) is 1.69. The van der Waals surface area contributed by atoms with Gasteiger partial charge in [0, 0.05) is 28.9 Å². The molecule has 19 heavy (non-hydrogen) atoms. The zero-order valence-corrected chi connectivity index (χ0v) is 13.4. The zero-order valence-electron chi connectivity index (χ0n) is 11.8. The summed E-state index contributed by atoms with van der Waals surface area (Å²) in [5.41, 5.74) is 1.10. The van der Waals surface area contributed by atoms with Crippen LogP contribution in [0, 0.1) is 5.92 Å². The van der Waals surface area contributed by atoms with Crippen molar-refractivity contribution in [2.45, 2.75) is 38.8 Å². The predicted octanol–water partition coefficient (Wildman–Crippen LogP) is 4.07. The van der Waals surface area contributed by atoms with Crippen molar-refractivity contribution >= 4 is 21.6 Å². The summed E-state index contributed by atoms with van der Waals surface area (Å²) >= 11 is 3.51. The molecule has 1 aromatic rings. The van der Waals surface area contributed by atoms with Crippen LogP contribution in [0.1, 0.15) is 26.7 Å². The standard InChI is InChI=1S/C15H22BrNO2/c1-10(2)15-9-12(4-5-19-15)17-13-6-11(16)7-14(8-13)18-3/h6-8,10,12,15,17H,4-5,9H2,1-3H3. The quantitative estimate of drug-likeness (QED) is 0.904. The second kappa shape index (κ2) is 6.62. The molecule has 0 radical (unpaired) electrons. The molecule has 2 rings (SSSR count). The van der Waals surface area contributed by atoms with Gasteiger partial charge >= 0.3 is 0 Å². The van der Waals surface area contributed by atoms with E-state index in [0.717, 1.165) is 35.4 Å². The number of hydrogen-bond donors (Lipinski definition) is 1. The third-order valence-corrected chi connectivity index (χ3v) is 3.99. The fourth-order valence-corrected chi connectivity index (χ4v) is 2.90. The molecule has 1 saturated heterocycles. The van der Waals surface area contributed by atoms with Crippen LogP contribution in [-0.4, -0.2) is 25.9 Å². The highest BCUT2D eigenvalue weighted by atomic mass is 79.9. The average molecular weight is 328 g/mol. The van der Waals surface area contributed by atoms with Gasteiger partial charge in [-0.1, -0.05) is 29.8 Å². The maximum Gasteiger partial charge on any atom is 0.122 e. The molecule has 1 heterocycles. The van der Waals surface area contributed by atoms with Gasteiger partial charge in [0.1, 0.15) is 5.75 Å². The maximum atomic E-state index is 5.80. The lowest BCUT2D eigenvalue weighted by atomic mass is 9.95. The van der Waals surface area contributed by atoms with Crippen molar-refractivity contribution in [1.29, 1.82) is 0 Å². The molecule has 1 aliphatic rings. The molecular formula is C15H22BrNO2. The minimum atomic E-state index is 0.361. The topological polar surface area (TPSA) is 30.5 Å². The van der Waals surface area contributed by atoms with Crippen molar-refractivity contribution in [2.24, 2.45) is 5.92 Å². The molecule has 0 saturated carbocycles. The number of rotatable bonds is 4. The van der Waals surface area contributed by atoms with Crippen LogP contribution in [0.2, 0.25) is 0 Å². The lowest BCUT2D eigenvalue weighted by Crippen LogP contribution is -2.36. The van der Waals surface area contributed by atoms with Crippen molar-refractivity contribution in [1.82, 2.24) is 0 Å². The Morgan fingerprint density at radius 1 is 1.37 bits per heavy atom. The molecule has 3 nitrogen and oxygen atoms in total. The van der Waals surface area contributed by atoms with Crippen molar-refractivity contribution < 1.29 is 9.47 Å². The SMILES string of the molecule is COc1cc(Br)cc(NC2CCOC(C(C)C)C2)c1. The molecule has 1 aromatic carbocycles. The lowest BCUT2D eigenvalue weighted by molar-refractivity contribution is -0.0160. The Balaban J connectivity index is 2.02. The van der Waals surface area contributed by atoms with Crippen LogP contribution in [0.4, 0.5) is 5.69 Å². The fourth-order valence-electron chi connectivity index (χ4n) is 2.42. The molecule has 0 bridgehead atoms. The highest BCUT2D eigenvalue weighted by Crippen LogP contribution is 2.28. The maximum absolute atomic E-state index is 5.80. The second-order valence-corrected chi connectivity index (χ2v) is 6.31. The van der Waals surface area contributed by atoms with Crippen molar-refractivity contribution in [2.75, 3.05) is 19.0 Å². The fraction of sp³-hybridized carbons (Fsp3) is 0.600. The van der Waals surface area contributed by atoms with Gasteiger partial charge in [0.25, 0.3) is 0 Å². The van der Waals surface area contributed by atoms with Gasteiger partial charge in [-0.05, 0) is 30.9 Å². The number of hydrogen-bond acceptors (Lipinski definition) is 3. The first-order valence-corrected chi connectivity index (χ1v) is 7.60. The zero-order chi connectivity index (χ0) is 13.8. The van der Waals surface area contributed by atoms with E-state index < -0.39 is 0 Å². The molecule has 0 amide bonds. The summed E-state index contributed by atoms with van der Waals surface area (Å²) in [6.45, 7) is 5.27. The molecule has 2 unspecified atom stereocenters. The third kappa shape index (κ3) is 4.11. The predicted molar refractivity (Wildman–Crippen MR) is 81.9 cm³/mol. The van der Waals surface area contributed by atoms with Gasteiger partial charge in [-0.25, -0.2) is 0 Å². The molecule has 1 fully saturated rings. The lowest BCUT2D eigenvalue weighted by Gasteiger charge is -2.33. The Labute approximate surface area is 123 Å². The largest absolute Gasteiger partial charge is 0.497 e. The summed E-state index contributed by atoms with van der Waals surface area (Å²) < 4.78 is 12.1. The van der Waals surface area contributed by atoms with E-state index in [4.69, 9.17) is 9.47 Å². The van der Waals surface area contributed by atoms with E-state index >= 15 is 0 Å². The summed E-state index contributed by atoms with van der Waals surface area (Å²) in [5.74, 6) is 1.44. The summed E-state index contributed by atoms with van der Waals surface area (Å²) in [4.78, 5) is 0. The molecule has 0 aromatic heterocycles. The number of nitrogens with one attached hydrogen (secondary N) is 1. The first-order valence-electron chi connectivity index (χ1n) is 6.81. The van der Waals surface area contributed by atoms with E-state index in [2.05, 4.69) is 41.2 Å². The Morgan fingerprint density at radius 3 is 2.84 bits per heavy atom. The second-order valence-electron chi connectivity index (χ2n) is 5.40. The first-order chi connectivity index (χ1) is 9.08.